The summed E-state index contributed by atoms with van der Waals surface area (Å²) in [6, 6.07) is 0. The molecule has 0 bridgehead atoms. The fourth-order valence-electron chi connectivity index (χ4n) is 2.15. The fourth-order valence-corrected chi connectivity index (χ4v) is 2.15. The van der Waals surface area contributed by atoms with Crippen LogP contribution in [-0.4, -0.2) is 0 Å². The lowest BCUT2D eigenvalue weighted by atomic mass is 9.85. The molecule has 1 aliphatic carbocycles. The Morgan fingerprint density at radius 3 is 1.09 bits per heavy atom. The van der Waals surface area contributed by atoms with E-state index in [2.05, 4.69) is 27.7 Å². The van der Waals surface area contributed by atoms with Crippen molar-refractivity contribution in [3.8, 4) is 0 Å². The topological polar surface area (TPSA) is 0 Å². The molecule has 0 radical (unpaired) electrons. The first-order valence-corrected chi connectivity index (χ1v) is 4.91. The van der Waals surface area contributed by atoms with Crippen LogP contribution in [-0.2, 0) is 0 Å². The highest BCUT2D eigenvalue weighted by molar-refractivity contribution is 4.87. The van der Waals surface area contributed by atoms with Crippen molar-refractivity contribution >= 4 is 0 Å². The lowest BCUT2D eigenvalue weighted by Crippen LogP contribution is -2.09. The molecule has 68 valence electrons. The first-order valence-electron chi connectivity index (χ1n) is 4.91. The minimum absolute atomic E-state index is 0.628. The largest absolute Gasteiger partial charge is 0.0683 e. The van der Waals surface area contributed by atoms with Gasteiger partial charge in [-0.2, -0.15) is 0 Å². The summed E-state index contributed by atoms with van der Waals surface area (Å²) in [6.07, 6.45) is 4.24. The summed E-state index contributed by atoms with van der Waals surface area (Å²) in [7, 11) is 0. The summed E-state index contributed by atoms with van der Waals surface area (Å²) < 4.78 is 0. The van der Waals surface area contributed by atoms with Gasteiger partial charge in [0.2, 0.25) is 0 Å². The third-order valence-electron chi connectivity index (χ3n) is 2.44. The van der Waals surface area contributed by atoms with Gasteiger partial charge in [0.05, 0.1) is 0 Å². The Morgan fingerprint density at radius 2 is 1.00 bits per heavy atom. The van der Waals surface area contributed by atoms with Crippen LogP contribution >= 0.6 is 0 Å². The Balaban J connectivity index is 0.000000461. The maximum absolute atomic E-state index is 2.38. The molecule has 11 heavy (non-hydrogen) atoms. The summed E-state index contributed by atoms with van der Waals surface area (Å²) >= 11 is 0. The number of hydrogen-bond donors (Lipinski definition) is 0. The molecule has 0 atom stereocenters. The molecule has 1 rings (SSSR count). The maximum atomic E-state index is 2.38. The lowest BCUT2D eigenvalue weighted by Gasteiger charge is -2.21. The number of rotatable bonds is 0. The molecule has 0 aromatic heterocycles. The third-order valence-corrected chi connectivity index (χ3v) is 2.44. The molecule has 1 aliphatic rings. The van der Waals surface area contributed by atoms with Crippen LogP contribution in [0.4, 0.5) is 0 Å². The predicted molar refractivity (Wildman–Crippen MR) is 52.8 cm³/mol. The van der Waals surface area contributed by atoms with Crippen LogP contribution in [0.1, 0.15) is 60.8 Å². The smallest absolute Gasteiger partial charge is 0.0349 e. The van der Waals surface area contributed by atoms with Crippen molar-refractivity contribution in [1.82, 2.24) is 0 Å². The molecular formula is C11H24. The van der Waals surface area contributed by atoms with Gasteiger partial charge < -0.3 is 0 Å². The van der Waals surface area contributed by atoms with Crippen LogP contribution in [0.3, 0.4) is 0 Å². The van der Waals surface area contributed by atoms with Crippen molar-refractivity contribution < 1.29 is 0 Å². The average molecular weight is 156 g/mol. The van der Waals surface area contributed by atoms with Crippen molar-refractivity contribution in [2.45, 2.75) is 60.8 Å². The van der Waals surface area contributed by atoms with Gasteiger partial charge in [-0.1, -0.05) is 41.5 Å². The van der Waals surface area contributed by atoms with E-state index in [0.29, 0.717) is 10.8 Å². The first kappa shape index (κ1) is 11.0. The molecule has 1 saturated carbocycles. The van der Waals surface area contributed by atoms with Crippen LogP contribution in [0.5, 0.6) is 0 Å². The van der Waals surface area contributed by atoms with Gasteiger partial charge in [0.15, 0.2) is 0 Å². The quantitative estimate of drug-likeness (QED) is 0.492. The summed E-state index contributed by atoms with van der Waals surface area (Å²) in [5, 5.41) is 0. The van der Waals surface area contributed by atoms with E-state index in [1.807, 2.05) is 13.8 Å². The monoisotopic (exact) mass is 156 g/mol. The zero-order valence-corrected chi connectivity index (χ0v) is 9.12. The Morgan fingerprint density at radius 1 is 0.727 bits per heavy atom. The fraction of sp³-hybridized carbons (Fsp3) is 1.00. The minimum atomic E-state index is 0.628. The second kappa shape index (κ2) is 3.60. The van der Waals surface area contributed by atoms with Crippen LogP contribution in [0.15, 0.2) is 0 Å². The Bertz CT molecular complexity index is 95.2. The molecule has 0 aliphatic heterocycles. The van der Waals surface area contributed by atoms with E-state index < -0.39 is 0 Å². The standard InChI is InChI=1S/C9H18.C2H6/c1-8(2)5-6-9(3,4)7-8;1-2/h5-7H2,1-4H3;1-2H3. The van der Waals surface area contributed by atoms with Gasteiger partial charge in [0.1, 0.15) is 0 Å². The molecule has 0 heterocycles. The summed E-state index contributed by atoms with van der Waals surface area (Å²) in [4.78, 5) is 0. The summed E-state index contributed by atoms with van der Waals surface area (Å²) in [5.74, 6) is 0. The van der Waals surface area contributed by atoms with E-state index in [-0.39, 0.29) is 0 Å². The van der Waals surface area contributed by atoms with Gasteiger partial charge in [0, 0.05) is 0 Å². The highest BCUT2D eigenvalue weighted by Gasteiger charge is 2.35. The average Bonchev–Trinajstić information content (AvgIpc) is 2.10. The SMILES string of the molecule is CC.CC1(C)CCC(C)(C)C1. The zero-order valence-electron chi connectivity index (χ0n) is 9.12. The van der Waals surface area contributed by atoms with E-state index in [4.69, 9.17) is 0 Å². The molecular weight excluding hydrogens is 132 g/mol. The van der Waals surface area contributed by atoms with Gasteiger partial charge in [0.25, 0.3) is 0 Å². The molecule has 0 aromatic carbocycles. The van der Waals surface area contributed by atoms with Gasteiger partial charge in [-0.3, -0.25) is 0 Å². The van der Waals surface area contributed by atoms with Crippen molar-refractivity contribution in [3.63, 3.8) is 0 Å². The molecule has 0 heteroatoms. The molecule has 0 N–H and O–H groups in total. The van der Waals surface area contributed by atoms with Crippen molar-refractivity contribution in [3.05, 3.63) is 0 Å². The maximum Gasteiger partial charge on any atom is -0.0349 e. The van der Waals surface area contributed by atoms with Gasteiger partial charge in [-0.25, -0.2) is 0 Å². The van der Waals surface area contributed by atoms with E-state index in [1.54, 1.807) is 0 Å². The van der Waals surface area contributed by atoms with Gasteiger partial charge >= 0.3 is 0 Å². The second-order valence-corrected chi connectivity index (χ2v) is 5.01. The third kappa shape index (κ3) is 3.79. The minimum Gasteiger partial charge on any atom is -0.0683 e. The normalized spacial score (nSPS) is 25.6. The van der Waals surface area contributed by atoms with Gasteiger partial charge in [-0.15, -0.1) is 0 Å². The second-order valence-electron chi connectivity index (χ2n) is 5.01. The van der Waals surface area contributed by atoms with E-state index in [0.717, 1.165) is 0 Å². The van der Waals surface area contributed by atoms with E-state index in [1.165, 1.54) is 19.3 Å². The molecule has 0 spiro atoms. The Labute approximate surface area is 72.4 Å². The Kier molecular flexibility index (Phi) is 3.60. The molecule has 0 aromatic rings. The molecule has 1 fully saturated rings. The summed E-state index contributed by atoms with van der Waals surface area (Å²) in [5.41, 5.74) is 1.26. The van der Waals surface area contributed by atoms with Crippen LogP contribution in [0.2, 0.25) is 0 Å². The van der Waals surface area contributed by atoms with Crippen molar-refractivity contribution in [2.24, 2.45) is 10.8 Å². The predicted octanol–water partition coefficient (Wildman–Crippen LogP) is 4.25. The molecule has 0 saturated heterocycles. The molecule has 0 unspecified atom stereocenters. The van der Waals surface area contributed by atoms with Crippen molar-refractivity contribution in [2.75, 3.05) is 0 Å². The van der Waals surface area contributed by atoms with Gasteiger partial charge in [-0.05, 0) is 30.1 Å². The van der Waals surface area contributed by atoms with Crippen LogP contribution in [0, 0.1) is 10.8 Å². The highest BCUT2D eigenvalue weighted by atomic mass is 14.4. The molecule has 0 nitrogen and oxygen atoms in total. The van der Waals surface area contributed by atoms with Crippen LogP contribution in [0.25, 0.3) is 0 Å². The summed E-state index contributed by atoms with van der Waals surface area (Å²) in [6.45, 7) is 13.5. The van der Waals surface area contributed by atoms with E-state index in [9.17, 15) is 0 Å². The Hall–Kier alpha value is 0. The lowest BCUT2D eigenvalue weighted by molar-refractivity contribution is 0.304. The van der Waals surface area contributed by atoms with Crippen molar-refractivity contribution in [1.29, 1.82) is 0 Å². The number of hydrogen-bond acceptors (Lipinski definition) is 0. The molecule has 0 amide bonds. The zero-order chi connectivity index (χ0) is 9.12. The van der Waals surface area contributed by atoms with Crippen LogP contribution < -0.4 is 0 Å². The highest BCUT2D eigenvalue weighted by Crippen LogP contribution is 2.48. The first-order chi connectivity index (χ1) is 4.91. The van der Waals surface area contributed by atoms with E-state index >= 15 is 0 Å².